The lowest BCUT2D eigenvalue weighted by Crippen LogP contribution is -2.37. The first-order chi connectivity index (χ1) is 30.3. The highest BCUT2D eigenvalue weighted by Gasteiger charge is 2.50. The molecule has 1 atom stereocenters. The lowest BCUT2D eigenvalue weighted by Gasteiger charge is -2.46. The number of para-hydroxylation sites is 3. The van der Waals surface area contributed by atoms with Crippen molar-refractivity contribution < 1.29 is 4.42 Å². The Labute approximate surface area is 354 Å². The van der Waals surface area contributed by atoms with Crippen molar-refractivity contribution in [1.29, 1.82) is 0 Å². The fraction of sp³-hybridized carbons (Fsp3) is 0.0169. The minimum atomic E-state index is -0.653. The van der Waals surface area contributed by atoms with Gasteiger partial charge in [-0.15, -0.1) is 0 Å². The van der Waals surface area contributed by atoms with Crippen molar-refractivity contribution in [1.82, 2.24) is 0 Å². The zero-order valence-electron chi connectivity index (χ0n) is 33.2. The van der Waals surface area contributed by atoms with E-state index in [2.05, 4.69) is 223 Å². The van der Waals surface area contributed by atoms with E-state index in [0.29, 0.717) is 0 Å². The number of furan rings is 1. The van der Waals surface area contributed by atoms with Crippen LogP contribution in [0, 0.1) is 5.41 Å². The maximum atomic E-state index is 6.52. The Kier molecular flexibility index (Phi) is 7.26. The van der Waals surface area contributed by atoms with E-state index in [-0.39, 0.29) is 0 Å². The molecule has 1 unspecified atom stereocenters. The highest BCUT2D eigenvalue weighted by atomic mass is 16.3. The van der Waals surface area contributed by atoms with Crippen LogP contribution in [-0.2, 0) is 0 Å². The van der Waals surface area contributed by atoms with Crippen molar-refractivity contribution in [3.05, 3.63) is 251 Å². The molecule has 284 valence electrons. The van der Waals surface area contributed by atoms with Crippen LogP contribution in [0.2, 0.25) is 0 Å². The third-order valence-corrected chi connectivity index (χ3v) is 13.3. The summed E-state index contributed by atoms with van der Waals surface area (Å²) < 4.78 is 6.52. The van der Waals surface area contributed by atoms with E-state index < -0.39 is 5.41 Å². The molecule has 0 fully saturated rings. The van der Waals surface area contributed by atoms with Gasteiger partial charge in [-0.1, -0.05) is 182 Å². The van der Waals surface area contributed by atoms with Gasteiger partial charge in [-0.25, -0.2) is 0 Å². The van der Waals surface area contributed by atoms with Crippen LogP contribution in [0.4, 0.5) is 11.4 Å². The molecule has 1 spiro atoms. The fourth-order valence-corrected chi connectivity index (χ4v) is 10.7. The molecule has 0 aliphatic heterocycles. The third kappa shape index (κ3) is 4.85. The van der Waals surface area contributed by atoms with Gasteiger partial charge in [0.15, 0.2) is 0 Å². The van der Waals surface area contributed by atoms with Crippen LogP contribution in [-0.4, -0.2) is 0 Å². The van der Waals surface area contributed by atoms with E-state index in [9.17, 15) is 0 Å². The first kappa shape index (κ1) is 34.0. The molecule has 4 aliphatic carbocycles. The second-order valence-electron chi connectivity index (χ2n) is 16.3. The highest BCUT2D eigenvalue weighted by molar-refractivity contribution is 6.14. The van der Waals surface area contributed by atoms with Gasteiger partial charge < -0.3 is 9.32 Å². The molecule has 4 aliphatic rings. The van der Waals surface area contributed by atoms with Gasteiger partial charge >= 0.3 is 0 Å². The molecule has 61 heavy (non-hydrogen) atoms. The van der Waals surface area contributed by atoms with Gasteiger partial charge in [0.25, 0.3) is 0 Å². The van der Waals surface area contributed by atoms with E-state index in [0.717, 1.165) is 50.0 Å². The normalized spacial score (nSPS) is 17.0. The second-order valence-corrected chi connectivity index (χ2v) is 16.3. The van der Waals surface area contributed by atoms with Gasteiger partial charge in [-0.2, -0.15) is 0 Å². The average molecular weight is 776 g/mol. The van der Waals surface area contributed by atoms with Crippen LogP contribution in [0.1, 0.15) is 22.3 Å². The van der Waals surface area contributed by atoms with E-state index in [4.69, 9.17) is 4.42 Å². The topological polar surface area (TPSA) is 16.4 Å². The molecule has 0 bridgehead atoms. The predicted molar refractivity (Wildman–Crippen MR) is 255 cm³/mol. The van der Waals surface area contributed by atoms with E-state index in [1.54, 1.807) is 0 Å². The molecule has 13 rings (SSSR count). The van der Waals surface area contributed by atoms with Gasteiger partial charge in [0.2, 0.25) is 0 Å². The minimum absolute atomic E-state index is 0.653. The van der Waals surface area contributed by atoms with E-state index >= 15 is 0 Å². The van der Waals surface area contributed by atoms with E-state index in [1.807, 2.05) is 6.07 Å². The van der Waals surface area contributed by atoms with Crippen molar-refractivity contribution in [2.24, 2.45) is 5.41 Å². The van der Waals surface area contributed by atoms with Gasteiger partial charge in [0, 0.05) is 27.6 Å². The standard InChI is InChI=1S/C59H37NO/c1-4-20-41-38(16-1)19-13-26-44(41)47-23-7-10-29-53(47)60(54-30-11-8-24-48(54)49-27-14-32-56-58(49)50-25-9-12-31-55(50)61-56)57-34-33-46-43-22-6-3-18-40(43)37-52(46)59(57)35-15-28-45-42-21-5-2-17-39(42)36-51(45)59/h1-37H. The van der Waals surface area contributed by atoms with Crippen molar-refractivity contribution in [3.8, 4) is 22.3 Å². The van der Waals surface area contributed by atoms with Crippen LogP contribution >= 0.6 is 0 Å². The number of anilines is 2. The second kappa shape index (κ2) is 13.0. The quantitative estimate of drug-likeness (QED) is 0.173. The molecule has 0 radical (unpaired) electrons. The Bertz CT molecular complexity index is 3520. The maximum Gasteiger partial charge on any atom is 0.136 e. The van der Waals surface area contributed by atoms with Crippen LogP contribution in [0.15, 0.2) is 234 Å². The smallest absolute Gasteiger partial charge is 0.136 e. The van der Waals surface area contributed by atoms with Crippen LogP contribution in [0.25, 0.3) is 78.3 Å². The van der Waals surface area contributed by atoms with Crippen molar-refractivity contribution in [2.75, 3.05) is 4.90 Å². The summed E-state index contributed by atoms with van der Waals surface area (Å²) in [4.78, 5) is 2.59. The molecular weight excluding hydrogens is 739 g/mol. The van der Waals surface area contributed by atoms with Crippen LogP contribution in [0.5, 0.6) is 0 Å². The molecule has 8 aromatic carbocycles. The molecule has 9 aromatic rings. The van der Waals surface area contributed by atoms with Gasteiger partial charge in [-0.3, -0.25) is 0 Å². The number of fused-ring (bicyclic) bond motifs is 12. The molecule has 0 N–H and O–H groups in total. The van der Waals surface area contributed by atoms with Crippen LogP contribution in [0.3, 0.4) is 0 Å². The number of rotatable bonds is 5. The third-order valence-electron chi connectivity index (χ3n) is 13.3. The lowest BCUT2D eigenvalue weighted by atomic mass is 9.63. The summed E-state index contributed by atoms with van der Waals surface area (Å²) in [6.07, 6.45) is 16.8. The summed E-state index contributed by atoms with van der Waals surface area (Å²) in [7, 11) is 0. The average Bonchev–Trinajstić information content (AvgIpc) is 4.03. The fourth-order valence-electron chi connectivity index (χ4n) is 10.7. The summed E-state index contributed by atoms with van der Waals surface area (Å²) in [6, 6.07) is 66.0. The van der Waals surface area contributed by atoms with Gasteiger partial charge in [0.05, 0.1) is 16.8 Å². The molecule has 0 amide bonds. The number of allylic oxidation sites excluding steroid dienone is 7. The molecule has 1 heterocycles. The zero-order chi connectivity index (χ0) is 40.1. The Morgan fingerprint density at radius 2 is 0.918 bits per heavy atom. The highest BCUT2D eigenvalue weighted by Crippen LogP contribution is 2.64. The zero-order valence-corrected chi connectivity index (χ0v) is 33.2. The summed E-state index contributed by atoms with van der Waals surface area (Å²) in [5, 5.41) is 4.67. The monoisotopic (exact) mass is 775 g/mol. The Balaban J connectivity index is 1.15. The number of hydrogen-bond donors (Lipinski definition) is 0. The first-order valence-corrected chi connectivity index (χ1v) is 21.1. The van der Waals surface area contributed by atoms with Crippen molar-refractivity contribution >= 4 is 67.4 Å². The Morgan fingerprint density at radius 3 is 1.67 bits per heavy atom. The molecular formula is C59H37NO. The summed E-state index contributed by atoms with van der Waals surface area (Å²) >= 11 is 0. The molecule has 1 aromatic heterocycles. The lowest BCUT2D eigenvalue weighted by molar-refractivity contribution is 0.669. The SMILES string of the molecule is C1=CC2(C3=Cc4ccccc4C3=C1)C1=Cc3ccccc3C1=CC=C2N(c1ccccc1-c1cccc2ccccc12)c1ccccc1-c1cccc2oc3ccccc3c12. The summed E-state index contributed by atoms with van der Waals surface area (Å²) in [6.45, 7) is 0. The summed E-state index contributed by atoms with van der Waals surface area (Å²) in [5.74, 6) is 0. The van der Waals surface area contributed by atoms with Crippen LogP contribution < -0.4 is 4.90 Å². The molecule has 2 heteroatoms. The van der Waals surface area contributed by atoms with Gasteiger partial charge in [-0.05, 0) is 109 Å². The minimum Gasteiger partial charge on any atom is -0.456 e. The molecule has 0 saturated heterocycles. The first-order valence-electron chi connectivity index (χ1n) is 21.1. The van der Waals surface area contributed by atoms with Gasteiger partial charge in [0.1, 0.15) is 11.2 Å². The predicted octanol–water partition coefficient (Wildman–Crippen LogP) is 15.6. The number of benzene rings is 8. The van der Waals surface area contributed by atoms with E-state index in [1.165, 1.54) is 66.6 Å². The number of hydrogen-bond acceptors (Lipinski definition) is 2. The molecule has 2 nitrogen and oxygen atoms in total. The Hall–Kier alpha value is -7.94. The molecule has 0 saturated carbocycles. The number of nitrogens with zero attached hydrogens (tertiary/aromatic N) is 1. The summed E-state index contributed by atoms with van der Waals surface area (Å²) in [5.41, 5.74) is 19.3. The Morgan fingerprint density at radius 1 is 0.393 bits per heavy atom. The van der Waals surface area contributed by atoms with Crippen molar-refractivity contribution in [3.63, 3.8) is 0 Å². The largest absolute Gasteiger partial charge is 0.456 e. The van der Waals surface area contributed by atoms with Crippen molar-refractivity contribution in [2.45, 2.75) is 0 Å². The maximum absolute atomic E-state index is 6.52.